The maximum Gasteiger partial charge on any atom is 0.340 e. The van der Waals surface area contributed by atoms with Crippen LogP contribution in [-0.2, 0) is 9.47 Å². The second-order valence-corrected chi connectivity index (χ2v) is 3.57. The van der Waals surface area contributed by atoms with E-state index in [9.17, 15) is 4.79 Å². The number of methoxy groups -OCH3 is 2. The Labute approximate surface area is 100 Å². The van der Waals surface area contributed by atoms with Gasteiger partial charge in [-0.2, -0.15) is 0 Å². The van der Waals surface area contributed by atoms with Crippen molar-refractivity contribution in [3.05, 3.63) is 23.8 Å². The highest BCUT2D eigenvalue weighted by atomic mass is 16.6. The fourth-order valence-corrected chi connectivity index (χ4v) is 1.24. The Morgan fingerprint density at radius 2 is 2.12 bits per heavy atom. The third kappa shape index (κ3) is 3.35. The molecule has 0 spiro atoms. The first-order valence-corrected chi connectivity index (χ1v) is 5.22. The molecule has 1 unspecified atom stereocenters. The molecule has 0 saturated heterocycles. The van der Waals surface area contributed by atoms with Gasteiger partial charge in [-0.05, 0) is 19.1 Å². The molecule has 5 heteroatoms. The zero-order valence-electron chi connectivity index (χ0n) is 10.2. The van der Waals surface area contributed by atoms with Crippen LogP contribution in [-0.4, -0.2) is 32.9 Å². The summed E-state index contributed by atoms with van der Waals surface area (Å²) in [4.78, 5) is 11.7. The zero-order chi connectivity index (χ0) is 12.8. The summed E-state index contributed by atoms with van der Waals surface area (Å²) < 4.78 is 15.1. The Bertz CT molecular complexity index is 392. The first kappa shape index (κ1) is 13.3. The average molecular weight is 239 g/mol. The van der Waals surface area contributed by atoms with Crippen LogP contribution in [0.2, 0.25) is 0 Å². The highest BCUT2D eigenvalue weighted by Gasteiger charge is 2.15. The lowest BCUT2D eigenvalue weighted by molar-refractivity contribution is 0.0170. The molecule has 0 bridgehead atoms. The van der Waals surface area contributed by atoms with Crippen LogP contribution in [0.15, 0.2) is 18.2 Å². The lowest BCUT2D eigenvalue weighted by Crippen LogP contribution is -2.18. The number of esters is 1. The molecule has 1 aromatic carbocycles. The van der Waals surface area contributed by atoms with Crippen LogP contribution in [0.5, 0.6) is 5.75 Å². The van der Waals surface area contributed by atoms with Crippen LogP contribution < -0.4 is 10.5 Å². The van der Waals surface area contributed by atoms with Gasteiger partial charge >= 0.3 is 5.97 Å². The minimum Gasteiger partial charge on any atom is -0.495 e. The van der Waals surface area contributed by atoms with Crippen molar-refractivity contribution in [1.29, 1.82) is 0 Å². The monoisotopic (exact) mass is 239 g/mol. The predicted molar refractivity (Wildman–Crippen MR) is 64.2 cm³/mol. The van der Waals surface area contributed by atoms with Crippen LogP contribution in [0, 0.1) is 0 Å². The van der Waals surface area contributed by atoms with Gasteiger partial charge in [-0.3, -0.25) is 0 Å². The number of carbonyl (C=O) groups excluding carboxylic acids is 1. The normalized spacial score (nSPS) is 11.9. The molecule has 17 heavy (non-hydrogen) atoms. The quantitative estimate of drug-likeness (QED) is 0.622. The first-order chi connectivity index (χ1) is 8.10. The van der Waals surface area contributed by atoms with Crippen molar-refractivity contribution in [2.75, 3.05) is 26.6 Å². The van der Waals surface area contributed by atoms with Gasteiger partial charge in [0.25, 0.3) is 0 Å². The minimum atomic E-state index is -0.481. The summed E-state index contributed by atoms with van der Waals surface area (Å²) in [6.45, 7) is 1.99. The first-order valence-electron chi connectivity index (χ1n) is 5.22. The zero-order valence-corrected chi connectivity index (χ0v) is 10.2. The van der Waals surface area contributed by atoms with Crippen molar-refractivity contribution in [2.45, 2.75) is 13.0 Å². The van der Waals surface area contributed by atoms with Gasteiger partial charge in [0.15, 0.2) is 0 Å². The van der Waals surface area contributed by atoms with Crippen LogP contribution in [0.4, 0.5) is 5.69 Å². The maximum atomic E-state index is 11.7. The molecule has 5 nitrogen and oxygen atoms in total. The van der Waals surface area contributed by atoms with Crippen molar-refractivity contribution in [2.24, 2.45) is 0 Å². The van der Waals surface area contributed by atoms with Crippen molar-refractivity contribution >= 4 is 11.7 Å². The number of hydrogen-bond donors (Lipinski definition) is 1. The van der Waals surface area contributed by atoms with E-state index < -0.39 is 5.97 Å². The molecule has 0 aliphatic heterocycles. The molecule has 1 aromatic rings. The molecule has 0 heterocycles. The van der Waals surface area contributed by atoms with E-state index in [0.29, 0.717) is 11.3 Å². The number of nitrogen functional groups attached to an aromatic ring is 1. The summed E-state index contributed by atoms with van der Waals surface area (Å²) in [6.07, 6.45) is -0.147. The number of para-hydroxylation sites is 1. The van der Waals surface area contributed by atoms with E-state index in [1.165, 1.54) is 7.11 Å². The fourth-order valence-electron chi connectivity index (χ4n) is 1.24. The van der Waals surface area contributed by atoms with Crippen molar-refractivity contribution < 1.29 is 19.0 Å². The Balaban J connectivity index is 2.75. The van der Waals surface area contributed by atoms with Gasteiger partial charge in [0.2, 0.25) is 0 Å². The molecule has 0 aliphatic carbocycles. The topological polar surface area (TPSA) is 70.8 Å². The summed E-state index contributed by atoms with van der Waals surface area (Å²) in [7, 11) is 3.05. The molecule has 0 saturated carbocycles. The number of anilines is 1. The summed E-state index contributed by atoms with van der Waals surface area (Å²) in [6, 6.07) is 4.97. The number of hydrogen-bond acceptors (Lipinski definition) is 5. The van der Waals surface area contributed by atoms with E-state index in [1.807, 2.05) is 6.92 Å². The van der Waals surface area contributed by atoms with Gasteiger partial charge < -0.3 is 19.9 Å². The summed E-state index contributed by atoms with van der Waals surface area (Å²) in [5.74, 6) is -0.0236. The van der Waals surface area contributed by atoms with Crippen LogP contribution in [0.25, 0.3) is 0 Å². The predicted octanol–water partition coefficient (Wildman–Crippen LogP) is 1.47. The van der Waals surface area contributed by atoms with Gasteiger partial charge in [-0.1, -0.05) is 6.07 Å². The minimum absolute atomic E-state index is 0.147. The summed E-state index contributed by atoms with van der Waals surface area (Å²) >= 11 is 0. The van der Waals surface area contributed by atoms with Gasteiger partial charge in [0.05, 0.1) is 24.5 Å². The SMILES string of the molecule is COc1cccc(C(=O)OCC(C)OC)c1N. The number of ether oxygens (including phenoxy) is 3. The van der Waals surface area contributed by atoms with Crippen molar-refractivity contribution in [3.63, 3.8) is 0 Å². The van der Waals surface area contributed by atoms with Gasteiger partial charge in [0, 0.05) is 7.11 Å². The second-order valence-electron chi connectivity index (χ2n) is 3.57. The van der Waals surface area contributed by atoms with E-state index in [-0.39, 0.29) is 18.4 Å². The Morgan fingerprint density at radius 1 is 1.41 bits per heavy atom. The highest BCUT2D eigenvalue weighted by Crippen LogP contribution is 2.25. The van der Waals surface area contributed by atoms with E-state index in [2.05, 4.69) is 0 Å². The molecule has 1 atom stereocenters. The van der Waals surface area contributed by atoms with E-state index in [0.717, 1.165) is 0 Å². The lowest BCUT2D eigenvalue weighted by Gasteiger charge is -2.12. The maximum absolute atomic E-state index is 11.7. The van der Waals surface area contributed by atoms with E-state index in [1.54, 1.807) is 25.3 Å². The van der Waals surface area contributed by atoms with Crippen molar-refractivity contribution in [3.8, 4) is 5.75 Å². The smallest absolute Gasteiger partial charge is 0.340 e. The fraction of sp³-hybridized carbons (Fsp3) is 0.417. The average Bonchev–Trinajstić information content (AvgIpc) is 2.35. The Morgan fingerprint density at radius 3 is 2.71 bits per heavy atom. The molecular formula is C12H17NO4. The number of carbonyl (C=O) groups is 1. The third-order valence-electron chi connectivity index (χ3n) is 2.36. The second kappa shape index (κ2) is 6.10. The lowest BCUT2D eigenvalue weighted by atomic mass is 10.1. The van der Waals surface area contributed by atoms with Crippen LogP contribution >= 0.6 is 0 Å². The van der Waals surface area contributed by atoms with Crippen molar-refractivity contribution in [1.82, 2.24) is 0 Å². The molecular weight excluding hydrogens is 222 g/mol. The number of benzene rings is 1. The standard InChI is InChI=1S/C12H17NO4/c1-8(15-2)7-17-12(14)9-5-4-6-10(16-3)11(9)13/h4-6,8H,7,13H2,1-3H3. The Hall–Kier alpha value is -1.75. The van der Waals surface area contributed by atoms with Gasteiger partial charge in [0.1, 0.15) is 12.4 Å². The Kier molecular flexibility index (Phi) is 4.78. The summed E-state index contributed by atoms with van der Waals surface area (Å²) in [5, 5.41) is 0. The largest absolute Gasteiger partial charge is 0.495 e. The summed E-state index contributed by atoms with van der Waals surface area (Å²) in [5.41, 5.74) is 6.36. The number of nitrogens with two attached hydrogens (primary N) is 1. The van der Waals surface area contributed by atoms with Gasteiger partial charge in [-0.25, -0.2) is 4.79 Å². The van der Waals surface area contributed by atoms with E-state index in [4.69, 9.17) is 19.9 Å². The number of rotatable bonds is 5. The molecule has 94 valence electrons. The molecule has 0 aliphatic rings. The van der Waals surface area contributed by atoms with Crippen LogP contribution in [0.1, 0.15) is 17.3 Å². The molecule has 1 rings (SSSR count). The molecule has 2 N–H and O–H groups in total. The van der Waals surface area contributed by atoms with Crippen LogP contribution in [0.3, 0.4) is 0 Å². The molecule has 0 amide bonds. The molecule has 0 fully saturated rings. The molecule has 0 aromatic heterocycles. The third-order valence-corrected chi connectivity index (χ3v) is 2.36. The molecule has 0 radical (unpaired) electrons. The van der Waals surface area contributed by atoms with E-state index >= 15 is 0 Å². The van der Waals surface area contributed by atoms with Gasteiger partial charge in [-0.15, -0.1) is 0 Å². The highest BCUT2D eigenvalue weighted by molar-refractivity contribution is 5.96.